The summed E-state index contributed by atoms with van der Waals surface area (Å²) in [5.74, 6) is -0.427. The lowest BCUT2D eigenvalue weighted by Gasteiger charge is -2.19. The molecule has 0 aliphatic heterocycles. The fraction of sp³-hybridized carbons (Fsp3) is 0.639. The smallest absolute Gasteiger partial charge is 0.457 e. The zero-order valence-corrected chi connectivity index (χ0v) is 29.0. The molecule has 258 valence electrons. The minimum absolute atomic E-state index is 0.0929. The Hall–Kier alpha value is -2.06. The lowest BCUT2D eigenvalue weighted by Crippen LogP contribution is -2.28. The van der Waals surface area contributed by atoms with Crippen LogP contribution in [0.3, 0.4) is 0 Å². The molecule has 0 aromatic heterocycles. The van der Waals surface area contributed by atoms with Crippen molar-refractivity contribution in [3.63, 3.8) is 0 Å². The van der Waals surface area contributed by atoms with Crippen molar-refractivity contribution < 1.29 is 32.8 Å². The highest BCUT2D eigenvalue weighted by Gasteiger charge is 2.24. The van der Waals surface area contributed by atoms with E-state index in [1.807, 2.05) is 0 Å². The lowest BCUT2D eigenvalue weighted by molar-refractivity contribution is -0.154. The molecule has 3 N–H and O–H groups in total. The average Bonchev–Trinajstić information content (AvgIpc) is 3.03. The summed E-state index contributed by atoms with van der Waals surface area (Å²) in [5.41, 5.74) is 5.27. The van der Waals surface area contributed by atoms with Crippen LogP contribution in [0.2, 0.25) is 0 Å². The first-order valence-electron chi connectivity index (χ1n) is 16.9. The van der Waals surface area contributed by atoms with E-state index >= 15 is 0 Å². The third kappa shape index (κ3) is 33.1. The van der Waals surface area contributed by atoms with Crippen LogP contribution < -0.4 is 5.73 Å². The molecule has 0 aliphatic rings. The highest BCUT2D eigenvalue weighted by Crippen LogP contribution is 2.43. The molecule has 0 heterocycles. The van der Waals surface area contributed by atoms with Crippen LogP contribution in [-0.4, -0.2) is 49.9 Å². The van der Waals surface area contributed by atoms with Crippen LogP contribution in [0, 0.1) is 0 Å². The molecule has 8 nitrogen and oxygen atoms in total. The van der Waals surface area contributed by atoms with Crippen LogP contribution in [0.1, 0.15) is 110 Å². The van der Waals surface area contributed by atoms with Gasteiger partial charge in [0.25, 0.3) is 0 Å². The van der Waals surface area contributed by atoms with Gasteiger partial charge in [0, 0.05) is 19.6 Å². The predicted molar refractivity (Wildman–Crippen MR) is 187 cm³/mol. The molecular formula is C36H62NO7P. The second-order valence-corrected chi connectivity index (χ2v) is 12.1. The van der Waals surface area contributed by atoms with Crippen molar-refractivity contribution in [2.24, 2.45) is 5.73 Å². The number of carbonyl (C=O) groups is 1. The van der Waals surface area contributed by atoms with Crippen LogP contribution in [0.4, 0.5) is 0 Å². The number of esters is 1. The number of phosphoric ester groups is 1. The Morgan fingerprint density at radius 3 is 1.67 bits per heavy atom. The number of allylic oxidation sites excluding steroid dienone is 12. The molecule has 0 rings (SSSR count). The monoisotopic (exact) mass is 651 g/mol. The standard InChI is InChI=1S/C36H62NO7P/c1-3-5-6-7-8-9-10-11-12-13-14-15-16-17-18-19-20-21-22-23-24-25-26-27-28-29-31-41-33-35(44-36(38)4-2)34-43-45(39,40)42-32-30-37/h5-6,8-9,11-12,14-15,17-18,20-21,35H,3-4,7,10,13,16,19,22-34,37H2,1-2H3,(H,39,40)/b6-5-,9-8-,12-11-,15-14-,18-17-,21-20-. The molecule has 0 aromatic carbocycles. The normalized spacial score (nSPS) is 14.7. The summed E-state index contributed by atoms with van der Waals surface area (Å²) < 4.78 is 32.3. The summed E-state index contributed by atoms with van der Waals surface area (Å²) in [6.07, 6.45) is 41.5. The van der Waals surface area contributed by atoms with Gasteiger partial charge in [0.15, 0.2) is 0 Å². The van der Waals surface area contributed by atoms with Crippen molar-refractivity contribution in [3.8, 4) is 0 Å². The summed E-state index contributed by atoms with van der Waals surface area (Å²) in [6, 6.07) is 0. The van der Waals surface area contributed by atoms with Gasteiger partial charge in [-0.3, -0.25) is 13.8 Å². The van der Waals surface area contributed by atoms with E-state index in [0.29, 0.717) is 6.61 Å². The summed E-state index contributed by atoms with van der Waals surface area (Å²) in [7, 11) is -4.24. The summed E-state index contributed by atoms with van der Waals surface area (Å²) in [5, 5.41) is 0. The van der Waals surface area contributed by atoms with Crippen molar-refractivity contribution in [2.75, 3.05) is 33.0 Å². The number of unbranched alkanes of at least 4 members (excludes halogenated alkanes) is 7. The second kappa shape index (κ2) is 33.3. The van der Waals surface area contributed by atoms with E-state index in [0.717, 1.165) is 64.2 Å². The largest absolute Gasteiger partial charge is 0.472 e. The third-order valence-electron chi connectivity index (χ3n) is 6.44. The van der Waals surface area contributed by atoms with Gasteiger partial charge in [0.05, 0.1) is 19.8 Å². The maximum absolute atomic E-state index is 11.8. The van der Waals surface area contributed by atoms with Crippen LogP contribution in [0.15, 0.2) is 72.9 Å². The van der Waals surface area contributed by atoms with Gasteiger partial charge in [-0.05, 0) is 57.8 Å². The van der Waals surface area contributed by atoms with Crippen molar-refractivity contribution in [3.05, 3.63) is 72.9 Å². The van der Waals surface area contributed by atoms with Crippen LogP contribution >= 0.6 is 7.82 Å². The summed E-state index contributed by atoms with van der Waals surface area (Å²) >= 11 is 0. The highest BCUT2D eigenvalue weighted by atomic mass is 31.2. The van der Waals surface area contributed by atoms with Crippen LogP contribution in [-0.2, 0) is 27.9 Å². The molecule has 0 bridgehead atoms. The molecule has 0 fully saturated rings. The van der Waals surface area contributed by atoms with Crippen LogP contribution in [0.25, 0.3) is 0 Å². The molecule has 2 unspecified atom stereocenters. The van der Waals surface area contributed by atoms with Crippen molar-refractivity contribution in [1.29, 1.82) is 0 Å². The van der Waals surface area contributed by atoms with Crippen molar-refractivity contribution >= 4 is 13.8 Å². The predicted octanol–water partition coefficient (Wildman–Crippen LogP) is 9.24. The molecule has 2 atom stereocenters. The molecule has 45 heavy (non-hydrogen) atoms. The number of ether oxygens (including phenoxy) is 2. The van der Waals surface area contributed by atoms with Crippen molar-refractivity contribution in [1.82, 2.24) is 0 Å². The molecule has 0 aliphatic carbocycles. The topological polar surface area (TPSA) is 117 Å². The quantitative estimate of drug-likeness (QED) is 0.0330. The van der Waals surface area contributed by atoms with E-state index in [-0.39, 0.29) is 32.8 Å². The van der Waals surface area contributed by atoms with Gasteiger partial charge in [-0.2, -0.15) is 0 Å². The zero-order valence-electron chi connectivity index (χ0n) is 28.1. The van der Waals surface area contributed by atoms with Gasteiger partial charge in [-0.15, -0.1) is 0 Å². The summed E-state index contributed by atoms with van der Waals surface area (Å²) in [6.45, 7) is 4.15. The first kappa shape index (κ1) is 42.9. The van der Waals surface area contributed by atoms with E-state index in [1.54, 1.807) is 6.92 Å². The first-order chi connectivity index (χ1) is 21.9. The third-order valence-corrected chi connectivity index (χ3v) is 7.43. The molecule has 0 saturated carbocycles. The number of nitrogens with two attached hydrogens (primary N) is 1. The number of hydrogen-bond acceptors (Lipinski definition) is 7. The summed E-state index contributed by atoms with van der Waals surface area (Å²) in [4.78, 5) is 21.3. The zero-order chi connectivity index (χ0) is 33.1. The maximum Gasteiger partial charge on any atom is 0.472 e. The number of carbonyl (C=O) groups excluding carboxylic acids is 1. The fourth-order valence-electron chi connectivity index (χ4n) is 3.97. The van der Waals surface area contributed by atoms with Gasteiger partial charge in [-0.1, -0.05) is 119 Å². The van der Waals surface area contributed by atoms with Gasteiger partial charge in [-0.25, -0.2) is 4.57 Å². The van der Waals surface area contributed by atoms with E-state index in [2.05, 4.69) is 79.8 Å². The van der Waals surface area contributed by atoms with Gasteiger partial charge in [0.1, 0.15) is 6.10 Å². The molecular weight excluding hydrogens is 589 g/mol. The molecule has 0 radical (unpaired) electrons. The average molecular weight is 652 g/mol. The Balaban J connectivity index is 3.70. The van der Waals surface area contributed by atoms with Crippen LogP contribution in [0.5, 0.6) is 0 Å². The first-order valence-corrected chi connectivity index (χ1v) is 18.4. The molecule has 0 amide bonds. The minimum atomic E-state index is -4.24. The van der Waals surface area contributed by atoms with E-state index in [9.17, 15) is 14.3 Å². The SMILES string of the molecule is CC/C=C\C/C=C\C/C=C\C/C=C\C/C=C\C/C=C\CCCCCCCCCOCC(COP(=O)(O)OCCN)OC(=O)CC. The van der Waals surface area contributed by atoms with Gasteiger partial charge >= 0.3 is 13.8 Å². The maximum atomic E-state index is 11.8. The number of rotatable bonds is 31. The Bertz CT molecular complexity index is 911. The Morgan fingerprint density at radius 2 is 1.16 bits per heavy atom. The minimum Gasteiger partial charge on any atom is -0.457 e. The Labute approximate surface area is 274 Å². The van der Waals surface area contributed by atoms with E-state index < -0.39 is 19.9 Å². The molecule has 0 aromatic rings. The van der Waals surface area contributed by atoms with E-state index in [4.69, 9.17) is 24.3 Å². The molecule has 9 heteroatoms. The Morgan fingerprint density at radius 1 is 0.667 bits per heavy atom. The van der Waals surface area contributed by atoms with Gasteiger partial charge < -0.3 is 20.1 Å². The van der Waals surface area contributed by atoms with E-state index in [1.165, 1.54) is 25.7 Å². The molecule has 0 saturated heterocycles. The fourth-order valence-corrected chi connectivity index (χ4v) is 4.74. The number of phosphoric acid groups is 1. The second-order valence-electron chi connectivity index (χ2n) is 10.6. The highest BCUT2D eigenvalue weighted by molar-refractivity contribution is 7.47. The Kier molecular flexibility index (Phi) is 31.8. The molecule has 0 spiro atoms. The lowest BCUT2D eigenvalue weighted by atomic mass is 10.1. The van der Waals surface area contributed by atoms with Crippen molar-refractivity contribution in [2.45, 2.75) is 116 Å². The van der Waals surface area contributed by atoms with Gasteiger partial charge in [0.2, 0.25) is 0 Å². The number of hydrogen-bond donors (Lipinski definition) is 2.